The molecule has 0 bridgehead atoms. The fourth-order valence-electron chi connectivity index (χ4n) is 4.17. The highest BCUT2D eigenvalue weighted by Gasteiger charge is 2.43. The van der Waals surface area contributed by atoms with Crippen LogP contribution >= 0.6 is 0 Å². The lowest BCUT2D eigenvalue weighted by Gasteiger charge is -2.23. The number of carbonyl (C=O) groups is 1. The molecular weight excluding hydrogens is 553 g/mol. The Morgan fingerprint density at radius 1 is 0.750 bits per heavy atom. The van der Waals surface area contributed by atoms with E-state index in [2.05, 4.69) is 11.8 Å². The largest absolute Gasteiger partial charge is 0.439 e. The van der Waals surface area contributed by atoms with Crippen molar-refractivity contribution in [3.05, 3.63) is 106 Å². The van der Waals surface area contributed by atoms with Crippen molar-refractivity contribution in [3.63, 3.8) is 0 Å². The summed E-state index contributed by atoms with van der Waals surface area (Å²) in [6, 6.07) is 10.9. The standard InChI is InChI=1S/C28H18F9NO2/c1-16-24(19-11-22(27(32,33)34)14-23(12-19)28(35,36)37)40-25(39)38(16)15-20-13-21(26(29,30)31)10-9-18(20)8-7-17-5-3-2-4-6-17/h2-6,9-14,16,24H,15H2,1H3/t16-,24?/m0/s1. The van der Waals surface area contributed by atoms with Gasteiger partial charge < -0.3 is 4.74 Å². The SMILES string of the molecule is C[C@H]1C(c2cc(C(F)(F)F)cc(C(F)(F)F)c2)OC(=O)N1Cc1cc(C(F)(F)F)ccc1C#Cc1ccccc1. The van der Waals surface area contributed by atoms with E-state index >= 15 is 0 Å². The second-order valence-electron chi connectivity index (χ2n) is 9.00. The third kappa shape index (κ3) is 6.35. The first-order valence-electron chi connectivity index (χ1n) is 11.6. The van der Waals surface area contributed by atoms with Gasteiger partial charge in [-0.2, -0.15) is 39.5 Å². The Morgan fingerprint density at radius 2 is 1.32 bits per heavy atom. The zero-order valence-electron chi connectivity index (χ0n) is 20.4. The zero-order chi connectivity index (χ0) is 29.5. The Morgan fingerprint density at radius 3 is 1.88 bits per heavy atom. The molecule has 3 aromatic carbocycles. The number of rotatable bonds is 3. The molecule has 4 rings (SSSR count). The summed E-state index contributed by atoms with van der Waals surface area (Å²) in [6.07, 6.45) is -17.6. The van der Waals surface area contributed by atoms with Crippen LogP contribution in [0.25, 0.3) is 0 Å². The lowest BCUT2D eigenvalue weighted by molar-refractivity contribution is -0.143. The van der Waals surface area contributed by atoms with Gasteiger partial charge in [0.2, 0.25) is 0 Å². The van der Waals surface area contributed by atoms with Crippen molar-refractivity contribution in [1.82, 2.24) is 4.90 Å². The first-order valence-corrected chi connectivity index (χ1v) is 11.6. The molecule has 40 heavy (non-hydrogen) atoms. The highest BCUT2D eigenvalue weighted by Crippen LogP contribution is 2.41. The topological polar surface area (TPSA) is 29.5 Å². The van der Waals surface area contributed by atoms with E-state index in [9.17, 15) is 44.3 Å². The Kier molecular flexibility index (Phi) is 7.53. The quantitative estimate of drug-likeness (QED) is 0.234. The van der Waals surface area contributed by atoms with Crippen molar-refractivity contribution in [2.75, 3.05) is 0 Å². The number of nitrogens with zero attached hydrogens (tertiary/aromatic N) is 1. The van der Waals surface area contributed by atoms with Gasteiger partial charge in [-0.15, -0.1) is 0 Å². The van der Waals surface area contributed by atoms with Crippen molar-refractivity contribution in [3.8, 4) is 11.8 Å². The summed E-state index contributed by atoms with van der Waals surface area (Å²) in [6.45, 7) is 0.816. The molecule has 0 spiro atoms. The number of carbonyl (C=O) groups excluding carboxylic acids is 1. The summed E-state index contributed by atoms with van der Waals surface area (Å²) < 4.78 is 126. The van der Waals surface area contributed by atoms with Crippen LogP contribution in [-0.4, -0.2) is 17.0 Å². The molecule has 1 aliphatic rings. The van der Waals surface area contributed by atoms with Crippen molar-refractivity contribution in [2.45, 2.75) is 44.1 Å². The molecule has 12 heteroatoms. The Labute approximate surface area is 222 Å². The summed E-state index contributed by atoms with van der Waals surface area (Å²) in [7, 11) is 0. The number of halogens is 9. The van der Waals surface area contributed by atoms with Crippen LogP contribution in [0.5, 0.6) is 0 Å². The molecule has 210 valence electrons. The highest BCUT2D eigenvalue weighted by molar-refractivity contribution is 5.71. The van der Waals surface area contributed by atoms with Gasteiger partial charge in [0.05, 0.1) is 29.3 Å². The van der Waals surface area contributed by atoms with Crippen LogP contribution in [0, 0.1) is 11.8 Å². The average Bonchev–Trinajstić information content (AvgIpc) is 3.15. The number of alkyl halides is 9. The van der Waals surface area contributed by atoms with E-state index in [0.717, 1.165) is 23.1 Å². The van der Waals surface area contributed by atoms with Crippen LogP contribution < -0.4 is 0 Å². The van der Waals surface area contributed by atoms with Crippen LogP contribution in [0.1, 0.15) is 52.0 Å². The molecule has 1 saturated heterocycles. The molecule has 1 amide bonds. The molecule has 2 atom stereocenters. The lowest BCUT2D eigenvalue weighted by atomic mass is 9.97. The van der Waals surface area contributed by atoms with Gasteiger partial charge in [-0.25, -0.2) is 4.79 Å². The normalized spacial score (nSPS) is 17.9. The summed E-state index contributed by atoms with van der Waals surface area (Å²) in [5, 5.41) is 0. The molecular formula is C28H18F9NO2. The first-order chi connectivity index (χ1) is 18.5. The lowest BCUT2D eigenvalue weighted by Crippen LogP contribution is -2.32. The molecule has 1 aliphatic heterocycles. The van der Waals surface area contributed by atoms with Crippen molar-refractivity contribution in [1.29, 1.82) is 0 Å². The molecule has 1 unspecified atom stereocenters. The van der Waals surface area contributed by atoms with Crippen LogP contribution in [0.15, 0.2) is 66.7 Å². The smallest absolute Gasteiger partial charge is 0.416 e. The van der Waals surface area contributed by atoms with E-state index in [1.54, 1.807) is 30.3 Å². The van der Waals surface area contributed by atoms with Crippen molar-refractivity contribution in [2.24, 2.45) is 0 Å². The Bertz CT molecular complexity index is 1430. The van der Waals surface area contributed by atoms with Gasteiger partial charge in [0.1, 0.15) is 6.10 Å². The van der Waals surface area contributed by atoms with E-state index in [1.165, 1.54) is 6.92 Å². The highest BCUT2D eigenvalue weighted by atomic mass is 19.4. The van der Waals surface area contributed by atoms with Crippen molar-refractivity contribution >= 4 is 6.09 Å². The molecule has 1 heterocycles. The summed E-state index contributed by atoms with van der Waals surface area (Å²) in [4.78, 5) is 13.6. The van der Waals surface area contributed by atoms with E-state index < -0.39 is 65.6 Å². The molecule has 0 aliphatic carbocycles. The minimum Gasteiger partial charge on any atom is -0.439 e. The van der Waals surface area contributed by atoms with Gasteiger partial charge in [-0.3, -0.25) is 4.90 Å². The summed E-state index contributed by atoms with van der Waals surface area (Å²) in [5.74, 6) is 5.56. The number of ether oxygens (including phenoxy) is 1. The fraction of sp³-hybridized carbons (Fsp3) is 0.250. The predicted octanol–water partition coefficient (Wildman–Crippen LogP) is 8.22. The molecule has 0 aromatic heterocycles. The van der Waals surface area contributed by atoms with Gasteiger partial charge in [0, 0.05) is 11.1 Å². The van der Waals surface area contributed by atoms with Crippen LogP contribution in [0.2, 0.25) is 0 Å². The molecule has 1 fully saturated rings. The number of cyclic esters (lactones) is 1. The van der Waals surface area contributed by atoms with Gasteiger partial charge >= 0.3 is 24.6 Å². The molecule has 3 nitrogen and oxygen atoms in total. The van der Waals surface area contributed by atoms with Gasteiger partial charge in [-0.05, 0) is 66.6 Å². The van der Waals surface area contributed by atoms with E-state index in [0.29, 0.717) is 17.7 Å². The minimum absolute atomic E-state index is 0.0391. The maximum Gasteiger partial charge on any atom is 0.416 e. The number of hydrogen-bond acceptors (Lipinski definition) is 2. The second-order valence-corrected chi connectivity index (χ2v) is 9.00. The Balaban J connectivity index is 1.71. The third-order valence-corrected chi connectivity index (χ3v) is 6.22. The molecule has 0 radical (unpaired) electrons. The number of hydrogen-bond donors (Lipinski definition) is 0. The van der Waals surface area contributed by atoms with E-state index in [4.69, 9.17) is 4.74 Å². The minimum atomic E-state index is -5.12. The number of benzene rings is 3. The summed E-state index contributed by atoms with van der Waals surface area (Å²) in [5.41, 5.74) is -4.10. The molecule has 0 saturated carbocycles. The monoisotopic (exact) mass is 571 g/mol. The van der Waals surface area contributed by atoms with Crippen molar-refractivity contribution < 1.29 is 49.0 Å². The fourth-order valence-corrected chi connectivity index (χ4v) is 4.17. The summed E-state index contributed by atoms with van der Waals surface area (Å²) >= 11 is 0. The average molecular weight is 571 g/mol. The first kappa shape index (κ1) is 28.9. The molecule has 3 aromatic rings. The van der Waals surface area contributed by atoms with Gasteiger partial charge in [0.15, 0.2) is 0 Å². The number of amides is 1. The van der Waals surface area contributed by atoms with E-state index in [1.807, 2.05) is 0 Å². The molecule has 0 N–H and O–H groups in total. The van der Waals surface area contributed by atoms with Crippen LogP contribution in [0.4, 0.5) is 44.3 Å². The second kappa shape index (κ2) is 10.4. The third-order valence-electron chi connectivity index (χ3n) is 6.22. The Hall–Kier alpha value is -4.14. The van der Waals surface area contributed by atoms with Crippen LogP contribution in [0.3, 0.4) is 0 Å². The van der Waals surface area contributed by atoms with Gasteiger partial charge in [-0.1, -0.05) is 30.0 Å². The maximum atomic E-state index is 13.4. The predicted molar refractivity (Wildman–Crippen MR) is 125 cm³/mol. The van der Waals surface area contributed by atoms with Gasteiger partial charge in [0.25, 0.3) is 0 Å². The van der Waals surface area contributed by atoms with Crippen LogP contribution in [-0.2, 0) is 29.8 Å². The maximum absolute atomic E-state index is 13.4. The van der Waals surface area contributed by atoms with E-state index in [-0.39, 0.29) is 17.2 Å². The zero-order valence-corrected chi connectivity index (χ0v) is 20.4.